The fourth-order valence-electron chi connectivity index (χ4n) is 3.52. The molecule has 0 atom stereocenters. The van der Waals surface area contributed by atoms with Crippen molar-refractivity contribution in [3.63, 3.8) is 0 Å². The summed E-state index contributed by atoms with van der Waals surface area (Å²) in [6.07, 6.45) is 0. The second-order valence-corrected chi connectivity index (χ2v) is 7.08. The molecule has 0 spiro atoms. The van der Waals surface area contributed by atoms with Gasteiger partial charge in [-0.05, 0) is 26.3 Å². The Hall–Kier alpha value is -2.56. The molecule has 0 fully saturated rings. The highest BCUT2D eigenvalue weighted by molar-refractivity contribution is 6.19. The number of nitrogens with zero attached hydrogens (tertiary/aromatic N) is 3. The molecule has 25 heavy (non-hydrogen) atoms. The van der Waals surface area contributed by atoms with Gasteiger partial charge in [-0.1, -0.05) is 42.5 Å². The number of hydrogen-bond acceptors (Lipinski definition) is 2. The van der Waals surface area contributed by atoms with Gasteiger partial charge in [-0.2, -0.15) is 13.9 Å². The maximum absolute atomic E-state index is 14.9. The number of halogens is 2. The van der Waals surface area contributed by atoms with Gasteiger partial charge in [-0.3, -0.25) is 9.67 Å². The highest BCUT2D eigenvalue weighted by Gasteiger charge is 2.53. The van der Waals surface area contributed by atoms with E-state index < -0.39 is 11.5 Å². The fourth-order valence-corrected chi connectivity index (χ4v) is 3.52. The molecule has 0 saturated carbocycles. The minimum absolute atomic E-state index is 0.0204. The lowest BCUT2D eigenvalue weighted by atomic mass is 9.82. The highest BCUT2D eigenvalue weighted by atomic mass is 19.3. The van der Waals surface area contributed by atoms with Crippen LogP contribution in [0, 0.1) is 6.92 Å². The summed E-state index contributed by atoms with van der Waals surface area (Å²) in [5, 5.41) is 5.52. The Balaban J connectivity index is 2.09. The van der Waals surface area contributed by atoms with Gasteiger partial charge in [0.25, 0.3) is 5.92 Å². The van der Waals surface area contributed by atoms with Crippen LogP contribution in [0.15, 0.2) is 47.5 Å². The van der Waals surface area contributed by atoms with Crippen LogP contribution in [0.5, 0.6) is 0 Å². The van der Waals surface area contributed by atoms with Crippen molar-refractivity contribution in [3.8, 4) is 0 Å². The maximum Gasteiger partial charge on any atom is 0.297 e. The maximum atomic E-state index is 14.9. The predicted molar refractivity (Wildman–Crippen MR) is 95.5 cm³/mol. The van der Waals surface area contributed by atoms with E-state index in [0.717, 1.165) is 22.2 Å². The Morgan fingerprint density at radius 2 is 1.72 bits per heavy atom. The van der Waals surface area contributed by atoms with E-state index in [-0.39, 0.29) is 5.56 Å². The molecule has 2 heterocycles. The summed E-state index contributed by atoms with van der Waals surface area (Å²) in [4.78, 5) is 4.50. The standard InChI is InChI=1S/C20H19F2N3/c1-12-8-7-10-14-16(12)24-25(4)18(14)17-13-9-5-6-11-15(13)20(21,22)19(2,3)23-17/h5-11H,1-4H3. The number of aliphatic imine (C=N–C) groups is 1. The number of benzene rings is 2. The van der Waals surface area contributed by atoms with Gasteiger partial charge in [-0.15, -0.1) is 0 Å². The summed E-state index contributed by atoms with van der Waals surface area (Å²) in [5.74, 6) is -3.03. The third kappa shape index (κ3) is 2.08. The van der Waals surface area contributed by atoms with Gasteiger partial charge in [-0.25, -0.2) is 0 Å². The van der Waals surface area contributed by atoms with E-state index in [1.807, 2.05) is 32.2 Å². The molecule has 0 aliphatic carbocycles. The summed E-state index contributed by atoms with van der Waals surface area (Å²) >= 11 is 0. The average molecular weight is 339 g/mol. The average Bonchev–Trinajstić information content (AvgIpc) is 2.89. The lowest BCUT2D eigenvalue weighted by molar-refractivity contribution is -0.0682. The molecule has 0 radical (unpaired) electrons. The fraction of sp³-hybridized carbons (Fsp3) is 0.300. The third-order valence-corrected chi connectivity index (χ3v) is 4.97. The van der Waals surface area contributed by atoms with E-state index in [2.05, 4.69) is 10.1 Å². The Morgan fingerprint density at radius 1 is 1.00 bits per heavy atom. The molecule has 0 bridgehead atoms. The Kier molecular flexibility index (Phi) is 3.17. The van der Waals surface area contributed by atoms with Crippen LogP contribution in [0.2, 0.25) is 0 Å². The quantitative estimate of drug-likeness (QED) is 0.637. The van der Waals surface area contributed by atoms with E-state index in [1.54, 1.807) is 22.9 Å². The minimum Gasteiger partial charge on any atom is -0.270 e. The van der Waals surface area contributed by atoms with Gasteiger partial charge < -0.3 is 0 Å². The van der Waals surface area contributed by atoms with Crippen molar-refractivity contribution in [2.24, 2.45) is 12.0 Å². The minimum atomic E-state index is -3.03. The Morgan fingerprint density at radius 3 is 2.48 bits per heavy atom. The molecule has 3 nitrogen and oxygen atoms in total. The smallest absolute Gasteiger partial charge is 0.270 e. The molecule has 2 aromatic carbocycles. The molecule has 5 heteroatoms. The molecule has 3 aromatic rings. The third-order valence-electron chi connectivity index (χ3n) is 4.97. The van der Waals surface area contributed by atoms with Crippen LogP contribution in [0.1, 0.15) is 36.2 Å². The molecule has 0 N–H and O–H groups in total. The number of aromatic nitrogens is 2. The molecule has 0 saturated heterocycles. The first-order valence-electron chi connectivity index (χ1n) is 8.24. The zero-order valence-electron chi connectivity index (χ0n) is 14.6. The second-order valence-electron chi connectivity index (χ2n) is 7.08. The van der Waals surface area contributed by atoms with E-state index in [4.69, 9.17) is 0 Å². The first-order chi connectivity index (χ1) is 11.7. The van der Waals surface area contributed by atoms with Crippen LogP contribution in [-0.4, -0.2) is 21.0 Å². The zero-order chi connectivity index (χ0) is 18.0. The van der Waals surface area contributed by atoms with Gasteiger partial charge in [0.1, 0.15) is 5.54 Å². The SMILES string of the molecule is Cc1cccc2c(C3=NC(C)(C)C(F)(F)c4ccccc43)n(C)nc12. The molecule has 1 aromatic heterocycles. The molecule has 1 aliphatic heterocycles. The van der Waals surface area contributed by atoms with E-state index in [0.29, 0.717) is 11.3 Å². The monoisotopic (exact) mass is 339 g/mol. The van der Waals surface area contributed by atoms with Crippen LogP contribution in [-0.2, 0) is 13.0 Å². The van der Waals surface area contributed by atoms with Crippen molar-refractivity contribution in [1.82, 2.24) is 9.78 Å². The molecule has 4 rings (SSSR count). The molecule has 1 aliphatic rings. The predicted octanol–water partition coefficient (Wildman–Crippen LogP) is 4.60. The van der Waals surface area contributed by atoms with Crippen molar-refractivity contribution in [2.45, 2.75) is 32.2 Å². The van der Waals surface area contributed by atoms with Crippen LogP contribution in [0.25, 0.3) is 10.9 Å². The van der Waals surface area contributed by atoms with Gasteiger partial charge in [0, 0.05) is 23.6 Å². The Labute approximate surface area is 145 Å². The zero-order valence-corrected chi connectivity index (χ0v) is 14.6. The molecular weight excluding hydrogens is 320 g/mol. The number of hydrogen-bond donors (Lipinski definition) is 0. The summed E-state index contributed by atoms with van der Waals surface area (Å²) < 4.78 is 31.6. The summed E-state index contributed by atoms with van der Waals surface area (Å²) in [5.41, 5.74) is 2.22. The number of fused-ring (bicyclic) bond motifs is 2. The first kappa shape index (κ1) is 15.9. The highest BCUT2D eigenvalue weighted by Crippen LogP contribution is 2.47. The van der Waals surface area contributed by atoms with Gasteiger partial charge in [0.05, 0.1) is 16.9 Å². The van der Waals surface area contributed by atoms with Crippen LogP contribution < -0.4 is 0 Å². The number of alkyl halides is 2. The number of rotatable bonds is 1. The van der Waals surface area contributed by atoms with E-state index >= 15 is 0 Å². The van der Waals surface area contributed by atoms with Crippen molar-refractivity contribution in [2.75, 3.05) is 0 Å². The molecule has 128 valence electrons. The first-order valence-corrected chi connectivity index (χ1v) is 8.24. The second kappa shape index (κ2) is 4.97. The van der Waals surface area contributed by atoms with E-state index in [1.165, 1.54) is 19.9 Å². The van der Waals surface area contributed by atoms with Crippen molar-refractivity contribution < 1.29 is 8.78 Å². The van der Waals surface area contributed by atoms with Gasteiger partial charge in [0.15, 0.2) is 0 Å². The largest absolute Gasteiger partial charge is 0.297 e. The van der Waals surface area contributed by atoms with Gasteiger partial charge >= 0.3 is 0 Å². The lowest BCUT2D eigenvalue weighted by Gasteiger charge is -2.37. The van der Waals surface area contributed by atoms with Crippen LogP contribution in [0.3, 0.4) is 0 Å². The summed E-state index contributed by atoms with van der Waals surface area (Å²) in [7, 11) is 1.83. The lowest BCUT2D eigenvalue weighted by Crippen LogP contribution is -2.44. The number of aryl methyl sites for hydroxylation is 2. The normalized spacial score (nSPS) is 18.1. The van der Waals surface area contributed by atoms with E-state index in [9.17, 15) is 8.78 Å². The summed E-state index contributed by atoms with van der Waals surface area (Å²) in [6.45, 7) is 4.95. The van der Waals surface area contributed by atoms with Crippen molar-refractivity contribution >= 4 is 16.6 Å². The van der Waals surface area contributed by atoms with Crippen LogP contribution >= 0.6 is 0 Å². The van der Waals surface area contributed by atoms with Crippen LogP contribution in [0.4, 0.5) is 8.78 Å². The molecular formula is C20H19F2N3. The Bertz CT molecular complexity index is 1030. The molecule has 0 amide bonds. The van der Waals surface area contributed by atoms with Crippen molar-refractivity contribution in [1.29, 1.82) is 0 Å². The topological polar surface area (TPSA) is 30.2 Å². The molecule has 0 unspecified atom stereocenters. The van der Waals surface area contributed by atoms with Crippen molar-refractivity contribution in [3.05, 3.63) is 64.8 Å². The summed E-state index contributed by atoms with van der Waals surface area (Å²) in [6, 6.07) is 12.5. The van der Waals surface area contributed by atoms with Gasteiger partial charge in [0.2, 0.25) is 0 Å².